The zero-order chi connectivity index (χ0) is 20.5. The summed E-state index contributed by atoms with van der Waals surface area (Å²) >= 11 is 0. The summed E-state index contributed by atoms with van der Waals surface area (Å²) < 4.78 is 61.4. The minimum Gasteiger partial charge on any atom is -0.400 e. The van der Waals surface area contributed by atoms with Gasteiger partial charge in [-0.15, -0.1) is 18.3 Å². The van der Waals surface area contributed by atoms with Crippen molar-refractivity contribution in [3.63, 3.8) is 0 Å². The van der Waals surface area contributed by atoms with Crippen molar-refractivity contribution in [2.45, 2.75) is 51.1 Å². The first-order valence-corrected chi connectivity index (χ1v) is 8.79. The highest BCUT2D eigenvalue weighted by atomic mass is 19.4. The molecule has 0 bridgehead atoms. The fourth-order valence-corrected chi connectivity index (χ4v) is 3.41. The van der Waals surface area contributed by atoms with Gasteiger partial charge in [-0.1, -0.05) is 0 Å². The lowest BCUT2D eigenvalue weighted by molar-refractivity contribution is -0.275. The maximum atomic E-state index is 14.4. The number of rotatable bonds is 5. The highest BCUT2D eigenvalue weighted by Crippen LogP contribution is 2.38. The molecule has 1 saturated carbocycles. The lowest BCUT2D eigenvalue weighted by Gasteiger charge is -2.32. The van der Waals surface area contributed by atoms with Crippen LogP contribution in [0, 0.1) is 11.7 Å². The maximum Gasteiger partial charge on any atom is 0.573 e. The largest absolute Gasteiger partial charge is 0.573 e. The van der Waals surface area contributed by atoms with Crippen LogP contribution in [-0.4, -0.2) is 28.6 Å². The van der Waals surface area contributed by atoms with E-state index >= 15 is 0 Å². The minimum atomic E-state index is -5.07. The molecule has 7 nitrogen and oxygen atoms in total. The average Bonchev–Trinajstić information content (AvgIpc) is 3.04. The second-order valence-corrected chi connectivity index (χ2v) is 6.91. The smallest absolute Gasteiger partial charge is 0.400 e. The van der Waals surface area contributed by atoms with E-state index in [1.165, 1.54) is 6.07 Å². The Bertz CT molecular complexity index is 872. The summed E-state index contributed by atoms with van der Waals surface area (Å²) in [5.74, 6) is -3.20. The molecule has 154 valence electrons. The lowest BCUT2D eigenvalue weighted by Crippen LogP contribution is -2.34. The third kappa shape index (κ3) is 4.83. The number of aromatic nitrogens is 2. The van der Waals surface area contributed by atoms with E-state index in [1.54, 1.807) is 6.92 Å². The van der Waals surface area contributed by atoms with Crippen molar-refractivity contribution in [2.75, 3.05) is 5.32 Å². The van der Waals surface area contributed by atoms with Crippen molar-refractivity contribution < 1.29 is 26.7 Å². The van der Waals surface area contributed by atoms with Gasteiger partial charge in [0.1, 0.15) is 0 Å². The number of hydrogen-bond acceptors (Lipinski definition) is 6. The number of nitrogens with zero attached hydrogens (tertiary/aromatic N) is 1. The highest BCUT2D eigenvalue weighted by Gasteiger charge is 2.35. The van der Waals surface area contributed by atoms with E-state index in [2.05, 4.69) is 15.2 Å². The van der Waals surface area contributed by atoms with E-state index in [0.717, 1.165) is 31.7 Å². The van der Waals surface area contributed by atoms with Crippen LogP contribution < -0.4 is 21.5 Å². The van der Waals surface area contributed by atoms with Crippen LogP contribution in [0.3, 0.4) is 0 Å². The monoisotopic (exact) mass is 404 g/mol. The number of alkyl halides is 3. The van der Waals surface area contributed by atoms with Crippen molar-refractivity contribution in [1.29, 1.82) is 0 Å². The molecule has 11 heteroatoms. The highest BCUT2D eigenvalue weighted by molar-refractivity contribution is 5.68. The fourth-order valence-electron chi connectivity index (χ4n) is 3.41. The number of hydrogen-bond donors (Lipinski definition) is 3. The quantitative estimate of drug-likeness (QED) is 0.660. The van der Waals surface area contributed by atoms with Crippen LogP contribution in [0.25, 0.3) is 11.5 Å². The van der Waals surface area contributed by atoms with Gasteiger partial charge in [0.2, 0.25) is 5.89 Å². The number of anilines is 1. The standard InChI is InChI=1S/C17H20F4N4O3/c1-8(9-2-4-11(22)5-3-9)23-13-7-10(15-24-25-16(26)27-15)6-12(18)14(13)28-17(19,20)21/h6-9,11,23H,2-5,22H2,1H3,(H,25,26)/t8-,9?,11?/m0/s1. The Labute approximate surface area is 157 Å². The molecule has 3 rings (SSSR count). The van der Waals surface area contributed by atoms with Gasteiger partial charge in [-0.3, -0.25) is 0 Å². The summed E-state index contributed by atoms with van der Waals surface area (Å²) in [6, 6.07) is 1.82. The van der Waals surface area contributed by atoms with Gasteiger partial charge in [0.15, 0.2) is 11.6 Å². The van der Waals surface area contributed by atoms with Gasteiger partial charge in [0.05, 0.1) is 5.69 Å². The molecule has 1 aromatic heterocycles. The first-order chi connectivity index (χ1) is 13.1. The van der Waals surface area contributed by atoms with E-state index < -0.39 is 23.7 Å². The Morgan fingerprint density at radius 2 is 2.00 bits per heavy atom. The molecule has 1 fully saturated rings. The Morgan fingerprint density at radius 1 is 1.32 bits per heavy atom. The molecule has 2 aromatic rings. The molecule has 28 heavy (non-hydrogen) atoms. The number of nitrogens with two attached hydrogens (primary N) is 1. The van der Waals surface area contributed by atoms with Gasteiger partial charge in [-0.25, -0.2) is 14.3 Å². The SMILES string of the molecule is C[C@H](Nc1cc(-c2n[nH]c(=O)o2)cc(F)c1OC(F)(F)F)C1CCC(N)CC1. The van der Waals surface area contributed by atoms with Crippen LogP contribution in [-0.2, 0) is 0 Å². The van der Waals surface area contributed by atoms with Crippen molar-refractivity contribution in [3.05, 3.63) is 28.5 Å². The zero-order valence-corrected chi connectivity index (χ0v) is 15.0. The number of benzene rings is 1. The first kappa shape index (κ1) is 20.2. The molecule has 4 N–H and O–H groups in total. The van der Waals surface area contributed by atoms with Crippen LogP contribution in [0.4, 0.5) is 23.2 Å². The number of H-pyrrole nitrogens is 1. The molecular weight excluding hydrogens is 384 g/mol. The summed E-state index contributed by atoms with van der Waals surface area (Å²) in [6.45, 7) is 1.80. The van der Waals surface area contributed by atoms with Crippen LogP contribution in [0.1, 0.15) is 32.6 Å². The van der Waals surface area contributed by atoms with Gasteiger partial charge in [-0.2, -0.15) is 0 Å². The number of nitrogens with one attached hydrogen (secondary N) is 2. The third-order valence-electron chi connectivity index (χ3n) is 4.85. The van der Waals surface area contributed by atoms with Crippen molar-refractivity contribution in [1.82, 2.24) is 10.2 Å². The maximum absolute atomic E-state index is 14.4. The molecular formula is C17H20F4N4O3. The van der Waals surface area contributed by atoms with E-state index in [1.807, 2.05) is 5.10 Å². The molecule has 0 amide bonds. The van der Waals surface area contributed by atoms with Crippen LogP contribution in [0.5, 0.6) is 5.75 Å². The summed E-state index contributed by atoms with van der Waals surface area (Å²) in [6.07, 6.45) is -1.83. The second-order valence-electron chi connectivity index (χ2n) is 6.91. The molecule has 1 atom stereocenters. The molecule has 0 spiro atoms. The summed E-state index contributed by atoms with van der Waals surface area (Å²) in [7, 11) is 0. The van der Waals surface area contributed by atoms with Crippen molar-refractivity contribution in [3.8, 4) is 17.2 Å². The normalized spacial score (nSPS) is 21.4. The Kier molecular flexibility index (Phi) is 5.64. The topological polar surface area (TPSA) is 106 Å². The summed E-state index contributed by atoms with van der Waals surface area (Å²) in [4.78, 5) is 11.1. The van der Waals surface area contributed by atoms with E-state index in [0.29, 0.717) is 0 Å². The second kappa shape index (κ2) is 7.82. The van der Waals surface area contributed by atoms with Gasteiger partial charge in [0, 0.05) is 17.6 Å². The van der Waals surface area contributed by atoms with Crippen LogP contribution >= 0.6 is 0 Å². The molecule has 0 radical (unpaired) electrons. The van der Waals surface area contributed by atoms with Crippen LogP contribution in [0.15, 0.2) is 21.3 Å². The Morgan fingerprint density at radius 3 is 2.57 bits per heavy atom. The fraction of sp³-hybridized carbons (Fsp3) is 0.529. The summed E-state index contributed by atoms with van der Waals surface area (Å²) in [5.41, 5.74) is 5.67. The average molecular weight is 404 g/mol. The number of halogens is 4. The molecule has 0 aliphatic heterocycles. The van der Waals surface area contributed by atoms with Crippen molar-refractivity contribution in [2.24, 2.45) is 11.7 Å². The van der Waals surface area contributed by atoms with Crippen LogP contribution in [0.2, 0.25) is 0 Å². The summed E-state index contributed by atoms with van der Waals surface area (Å²) in [5, 5.41) is 8.50. The Balaban J connectivity index is 1.93. The molecule has 0 saturated heterocycles. The van der Waals surface area contributed by atoms with Crippen molar-refractivity contribution >= 4 is 5.69 Å². The third-order valence-corrected chi connectivity index (χ3v) is 4.85. The minimum absolute atomic E-state index is 0.00857. The molecule has 1 aliphatic rings. The van der Waals surface area contributed by atoms with Gasteiger partial charge in [-0.05, 0) is 50.7 Å². The predicted octanol–water partition coefficient (Wildman–Crippen LogP) is 3.39. The number of ether oxygens (including phenoxy) is 1. The first-order valence-electron chi connectivity index (χ1n) is 8.79. The predicted molar refractivity (Wildman–Crippen MR) is 92.2 cm³/mol. The number of aromatic amines is 1. The Hall–Kier alpha value is -2.56. The van der Waals surface area contributed by atoms with Gasteiger partial charge in [0.25, 0.3) is 0 Å². The zero-order valence-electron chi connectivity index (χ0n) is 15.0. The van der Waals surface area contributed by atoms with E-state index in [-0.39, 0.29) is 35.1 Å². The van der Waals surface area contributed by atoms with Gasteiger partial charge >= 0.3 is 12.1 Å². The van der Waals surface area contributed by atoms with E-state index in [4.69, 9.17) is 10.2 Å². The van der Waals surface area contributed by atoms with E-state index in [9.17, 15) is 22.4 Å². The molecule has 1 aromatic carbocycles. The molecule has 0 unspecified atom stereocenters. The molecule has 1 heterocycles. The molecule has 1 aliphatic carbocycles. The lowest BCUT2D eigenvalue weighted by atomic mass is 9.82. The van der Waals surface area contributed by atoms with Gasteiger partial charge < -0.3 is 20.2 Å².